The maximum absolute atomic E-state index is 11.8. The molecule has 0 saturated carbocycles. The maximum Gasteiger partial charge on any atom is 0.312 e. The van der Waals surface area contributed by atoms with E-state index in [1.807, 2.05) is 18.2 Å². The van der Waals surface area contributed by atoms with Crippen molar-refractivity contribution in [2.45, 2.75) is 122 Å². The fraction of sp³-hybridized carbons (Fsp3) is 0.704. The molecule has 0 bridgehead atoms. The van der Waals surface area contributed by atoms with E-state index in [4.69, 9.17) is 9.84 Å². The molecule has 0 aromatic heterocycles. The molecule has 182 valence electrons. The van der Waals surface area contributed by atoms with Crippen LogP contribution in [-0.2, 0) is 14.3 Å². The third kappa shape index (κ3) is 18.7. The fourth-order valence-electron chi connectivity index (χ4n) is 3.88. The lowest BCUT2D eigenvalue weighted by Crippen LogP contribution is -2.13. The lowest BCUT2D eigenvalue weighted by Gasteiger charge is -2.07. The molecular formula is C27H45NO4. The predicted molar refractivity (Wildman–Crippen MR) is 131 cm³/mol. The minimum atomic E-state index is -0.670. The Labute approximate surface area is 195 Å². The quantitative estimate of drug-likeness (QED) is 0.140. The molecule has 0 aromatic carbocycles. The first-order chi connectivity index (χ1) is 15.7. The van der Waals surface area contributed by atoms with Gasteiger partial charge in [-0.05, 0) is 25.0 Å². The van der Waals surface area contributed by atoms with Gasteiger partial charge >= 0.3 is 11.9 Å². The lowest BCUT2D eigenvalue weighted by atomic mass is 10.0. The standard InChI is InChI=1S/C27H45NO4/c29-26(30)22-18-14-12-10-8-6-4-2-1-3-5-7-9-11-13-15-19-23-27(31)32-25-21-17-16-20-24-28-25/h16-17,20-21,24,28H,1-15,18-19,22-23H2,(H,29,30). The Morgan fingerprint density at radius 3 is 1.53 bits per heavy atom. The van der Waals surface area contributed by atoms with E-state index in [2.05, 4.69) is 5.32 Å². The van der Waals surface area contributed by atoms with Crippen molar-refractivity contribution in [1.82, 2.24) is 5.32 Å². The van der Waals surface area contributed by atoms with E-state index in [9.17, 15) is 9.59 Å². The highest BCUT2D eigenvalue weighted by molar-refractivity contribution is 5.70. The molecule has 0 fully saturated rings. The molecule has 1 aliphatic rings. The maximum atomic E-state index is 11.8. The number of carbonyl (C=O) groups is 2. The Kier molecular flexibility index (Phi) is 18.2. The number of carboxylic acids is 1. The van der Waals surface area contributed by atoms with Crippen molar-refractivity contribution < 1.29 is 19.4 Å². The summed E-state index contributed by atoms with van der Waals surface area (Å²) < 4.78 is 5.30. The van der Waals surface area contributed by atoms with Gasteiger partial charge in [-0.15, -0.1) is 0 Å². The number of nitrogens with one attached hydrogen (secondary N) is 1. The Bertz CT molecular complexity index is 580. The number of carboxylic acid groups (broad SMARTS) is 1. The van der Waals surface area contributed by atoms with Crippen molar-refractivity contribution in [3.63, 3.8) is 0 Å². The van der Waals surface area contributed by atoms with E-state index in [0.717, 1.165) is 25.7 Å². The molecule has 0 saturated heterocycles. The molecule has 1 rings (SSSR count). The van der Waals surface area contributed by atoms with Crippen molar-refractivity contribution in [3.8, 4) is 0 Å². The van der Waals surface area contributed by atoms with Crippen LogP contribution in [0.2, 0.25) is 0 Å². The monoisotopic (exact) mass is 447 g/mol. The fourth-order valence-corrected chi connectivity index (χ4v) is 3.88. The molecule has 0 aliphatic carbocycles. The number of ether oxygens (including phenoxy) is 1. The number of hydrogen-bond acceptors (Lipinski definition) is 4. The highest BCUT2D eigenvalue weighted by Crippen LogP contribution is 2.15. The third-order valence-electron chi connectivity index (χ3n) is 5.79. The van der Waals surface area contributed by atoms with Crippen molar-refractivity contribution in [3.05, 3.63) is 36.4 Å². The topological polar surface area (TPSA) is 75.6 Å². The van der Waals surface area contributed by atoms with Crippen molar-refractivity contribution >= 4 is 11.9 Å². The molecule has 32 heavy (non-hydrogen) atoms. The van der Waals surface area contributed by atoms with Crippen molar-refractivity contribution in [2.24, 2.45) is 0 Å². The van der Waals surface area contributed by atoms with Crippen LogP contribution in [0.15, 0.2) is 36.4 Å². The van der Waals surface area contributed by atoms with Gasteiger partial charge < -0.3 is 15.2 Å². The predicted octanol–water partition coefficient (Wildman–Crippen LogP) is 7.54. The second-order valence-electron chi connectivity index (χ2n) is 8.80. The average molecular weight is 448 g/mol. The Hall–Kier alpha value is -2.04. The van der Waals surface area contributed by atoms with Crippen molar-refractivity contribution in [1.29, 1.82) is 0 Å². The normalized spacial score (nSPS) is 12.8. The number of carbonyl (C=O) groups excluding carboxylic acids is 1. The molecule has 0 radical (unpaired) electrons. The summed E-state index contributed by atoms with van der Waals surface area (Å²) in [6.45, 7) is 0. The largest absolute Gasteiger partial charge is 0.481 e. The smallest absolute Gasteiger partial charge is 0.312 e. The van der Waals surface area contributed by atoms with E-state index in [1.165, 1.54) is 83.5 Å². The van der Waals surface area contributed by atoms with Crippen LogP contribution in [0.25, 0.3) is 0 Å². The highest BCUT2D eigenvalue weighted by atomic mass is 16.5. The van der Waals surface area contributed by atoms with Crippen LogP contribution in [0, 0.1) is 0 Å². The van der Waals surface area contributed by atoms with E-state index < -0.39 is 5.97 Å². The van der Waals surface area contributed by atoms with Crippen molar-refractivity contribution in [2.75, 3.05) is 0 Å². The average Bonchev–Trinajstić information content (AvgIpc) is 3.03. The Morgan fingerprint density at radius 2 is 1.06 bits per heavy atom. The molecule has 0 unspecified atom stereocenters. The molecule has 1 aliphatic heterocycles. The van der Waals surface area contributed by atoms with Crippen LogP contribution < -0.4 is 5.32 Å². The third-order valence-corrected chi connectivity index (χ3v) is 5.79. The molecular weight excluding hydrogens is 402 g/mol. The molecule has 1 heterocycles. The second kappa shape index (κ2) is 20.8. The Morgan fingerprint density at radius 1 is 0.625 bits per heavy atom. The molecule has 0 atom stereocenters. The minimum absolute atomic E-state index is 0.164. The summed E-state index contributed by atoms with van der Waals surface area (Å²) in [5, 5.41) is 11.5. The molecule has 2 N–H and O–H groups in total. The SMILES string of the molecule is O=C(O)CCCCCCCCCCCCCCCCCCCC(=O)OC1=CC=CC=CN1. The zero-order chi connectivity index (χ0) is 23.1. The first kappa shape index (κ1) is 28.0. The van der Waals surface area contributed by atoms with Crippen LogP contribution in [0.3, 0.4) is 0 Å². The number of esters is 1. The summed E-state index contributed by atoms with van der Waals surface area (Å²) in [6.07, 6.45) is 30.7. The summed E-state index contributed by atoms with van der Waals surface area (Å²) in [5.74, 6) is -0.343. The minimum Gasteiger partial charge on any atom is -0.481 e. The Balaban J connectivity index is 1.74. The van der Waals surface area contributed by atoms with E-state index in [0.29, 0.717) is 18.7 Å². The second-order valence-corrected chi connectivity index (χ2v) is 8.80. The van der Waals surface area contributed by atoms with Gasteiger partial charge in [0.15, 0.2) is 0 Å². The first-order valence-electron chi connectivity index (χ1n) is 12.9. The van der Waals surface area contributed by atoms with Gasteiger partial charge in [0, 0.05) is 19.0 Å². The van der Waals surface area contributed by atoms with Crippen LogP contribution in [0.4, 0.5) is 0 Å². The zero-order valence-corrected chi connectivity index (χ0v) is 20.0. The summed E-state index contributed by atoms with van der Waals surface area (Å²) in [7, 11) is 0. The van der Waals surface area contributed by atoms with Gasteiger partial charge in [-0.3, -0.25) is 9.59 Å². The van der Waals surface area contributed by atoms with Gasteiger partial charge in [0.2, 0.25) is 5.88 Å². The van der Waals surface area contributed by atoms with Crippen LogP contribution >= 0.6 is 0 Å². The number of hydrogen-bond donors (Lipinski definition) is 2. The van der Waals surface area contributed by atoms with Gasteiger partial charge in [0.1, 0.15) is 0 Å². The summed E-state index contributed by atoms with van der Waals surface area (Å²) >= 11 is 0. The van der Waals surface area contributed by atoms with Gasteiger partial charge in [-0.2, -0.15) is 0 Å². The van der Waals surface area contributed by atoms with Crippen LogP contribution in [0.5, 0.6) is 0 Å². The summed E-state index contributed by atoms with van der Waals surface area (Å²) in [6, 6.07) is 0. The number of rotatable bonds is 21. The molecule has 0 amide bonds. The number of allylic oxidation sites excluding steroid dienone is 4. The van der Waals surface area contributed by atoms with Crippen LogP contribution in [0.1, 0.15) is 122 Å². The van der Waals surface area contributed by atoms with Gasteiger partial charge in [0.05, 0.1) is 0 Å². The van der Waals surface area contributed by atoms with Gasteiger partial charge in [-0.25, -0.2) is 0 Å². The highest BCUT2D eigenvalue weighted by Gasteiger charge is 2.06. The first-order valence-corrected chi connectivity index (χ1v) is 12.9. The molecule has 0 spiro atoms. The molecule has 5 heteroatoms. The van der Waals surface area contributed by atoms with E-state index >= 15 is 0 Å². The zero-order valence-electron chi connectivity index (χ0n) is 20.0. The van der Waals surface area contributed by atoms with E-state index in [1.54, 1.807) is 12.3 Å². The lowest BCUT2D eigenvalue weighted by molar-refractivity contribution is -0.140. The molecule has 5 nitrogen and oxygen atoms in total. The summed E-state index contributed by atoms with van der Waals surface area (Å²) in [4.78, 5) is 22.3. The number of aliphatic carboxylic acids is 1. The number of unbranched alkanes of at least 4 members (excludes halogenated alkanes) is 16. The molecule has 0 aromatic rings. The summed E-state index contributed by atoms with van der Waals surface area (Å²) in [5.41, 5.74) is 0. The van der Waals surface area contributed by atoms with Gasteiger partial charge in [-0.1, -0.05) is 108 Å². The van der Waals surface area contributed by atoms with Crippen LogP contribution in [-0.4, -0.2) is 17.0 Å². The van der Waals surface area contributed by atoms with E-state index in [-0.39, 0.29) is 5.97 Å². The van der Waals surface area contributed by atoms with Gasteiger partial charge in [0.25, 0.3) is 0 Å².